The Morgan fingerprint density at radius 1 is 0.857 bits per heavy atom. The van der Waals surface area contributed by atoms with Gasteiger partial charge in [0.15, 0.2) is 0 Å². The third kappa shape index (κ3) is 4.69. The molecule has 1 aliphatic carbocycles. The standard InChI is InChI=1S/C19H38N2/c1-17-14-18(2)21(15-17)19(16-20)12-10-8-6-4-3-5-7-9-11-13-19/h17-18H,3-16,20H2,1-2H3. The molecule has 0 amide bonds. The van der Waals surface area contributed by atoms with Crippen LogP contribution in [0.4, 0.5) is 0 Å². The second kappa shape index (κ2) is 8.53. The fourth-order valence-corrected chi connectivity index (χ4v) is 4.84. The van der Waals surface area contributed by atoms with Crippen LogP contribution in [-0.4, -0.2) is 29.6 Å². The van der Waals surface area contributed by atoms with Crippen LogP contribution in [-0.2, 0) is 0 Å². The summed E-state index contributed by atoms with van der Waals surface area (Å²) in [6.45, 7) is 6.98. The lowest BCUT2D eigenvalue weighted by molar-refractivity contribution is 0.0620. The van der Waals surface area contributed by atoms with Crippen molar-refractivity contribution in [1.29, 1.82) is 0 Å². The Morgan fingerprint density at radius 3 is 1.71 bits per heavy atom. The Kier molecular flexibility index (Phi) is 7.01. The van der Waals surface area contributed by atoms with Crippen molar-refractivity contribution < 1.29 is 0 Å². The van der Waals surface area contributed by atoms with Crippen molar-refractivity contribution in [2.24, 2.45) is 11.7 Å². The van der Waals surface area contributed by atoms with Crippen LogP contribution in [0.2, 0.25) is 0 Å². The van der Waals surface area contributed by atoms with Crippen molar-refractivity contribution >= 4 is 0 Å². The van der Waals surface area contributed by atoms with E-state index in [1.54, 1.807) is 0 Å². The van der Waals surface area contributed by atoms with Crippen LogP contribution < -0.4 is 5.73 Å². The zero-order valence-corrected chi connectivity index (χ0v) is 14.6. The van der Waals surface area contributed by atoms with E-state index in [4.69, 9.17) is 5.73 Å². The molecule has 2 unspecified atom stereocenters. The molecule has 1 saturated carbocycles. The Bertz CT molecular complexity index is 277. The summed E-state index contributed by atoms with van der Waals surface area (Å²) in [6, 6.07) is 0.733. The van der Waals surface area contributed by atoms with E-state index in [2.05, 4.69) is 18.7 Å². The van der Waals surface area contributed by atoms with Gasteiger partial charge in [-0.3, -0.25) is 4.90 Å². The van der Waals surface area contributed by atoms with E-state index in [9.17, 15) is 0 Å². The number of rotatable bonds is 2. The fourth-order valence-electron chi connectivity index (χ4n) is 4.84. The lowest BCUT2D eigenvalue weighted by atomic mass is 9.83. The molecule has 0 aromatic carbocycles. The molecule has 124 valence electrons. The number of likely N-dealkylation sites (tertiary alicyclic amines) is 1. The van der Waals surface area contributed by atoms with Crippen molar-refractivity contribution in [1.82, 2.24) is 4.90 Å². The van der Waals surface area contributed by atoms with Crippen LogP contribution in [0.5, 0.6) is 0 Å². The maximum absolute atomic E-state index is 6.36. The molecule has 2 nitrogen and oxygen atoms in total. The van der Waals surface area contributed by atoms with E-state index in [1.165, 1.54) is 83.6 Å². The summed E-state index contributed by atoms with van der Waals surface area (Å²) < 4.78 is 0. The van der Waals surface area contributed by atoms with Gasteiger partial charge in [0.2, 0.25) is 0 Å². The molecule has 2 N–H and O–H groups in total. The number of hydrogen-bond acceptors (Lipinski definition) is 2. The van der Waals surface area contributed by atoms with E-state index in [0.29, 0.717) is 5.54 Å². The van der Waals surface area contributed by atoms with Crippen molar-refractivity contribution in [3.05, 3.63) is 0 Å². The van der Waals surface area contributed by atoms with E-state index < -0.39 is 0 Å². The first-order chi connectivity index (χ1) is 10.2. The molecule has 0 aromatic heterocycles. The summed E-state index contributed by atoms with van der Waals surface area (Å²) in [4.78, 5) is 2.81. The molecular formula is C19H38N2. The maximum Gasteiger partial charge on any atom is 0.0334 e. The molecule has 1 aliphatic heterocycles. The third-order valence-electron chi connectivity index (χ3n) is 6.06. The largest absolute Gasteiger partial charge is 0.329 e. The van der Waals surface area contributed by atoms with Gasteiger partial charge in [0, 0.05) is 24.7 Å². The summed E-state index contributed by atoms with van der Waals surface area (Å²) in [7, 11) is 0. The van der Waals surface area contributed by atoms with Gasteiger partial charge in [0.1, 0.15) is 0 Å². The highest BCUT2D eigenvalue weighted by molar-refractivity contribution is 4.98. The maximum atomic E-state index is 6.36. The van der Waals surface area contributed by atoms with Crippen LogP contribution >= 0.6 is 0 Å². The summed E-state index contributed by atoms with van der Waals surface area (Å²) in [5.41, 5.74) is 6.67. The van der Waals surface area contributed by atoms with Crippen LogP contribution in [0.15, 0.2) is 0 Å². The van der Waals surface area contributed by atoms with Crippen LogP contribution in [0, 0.1) is 5.92 Å². The first kappa shape index (κ1) is 17.3. The molecule has 21 heavy (non-hydrogen) atoms. The third-order valence-corrected chi connectivity index (χ3v) is 6.06. The molecule has 0 aromatic rings. The first-order valence-electron chi connectivity index (χ1n) is 9.65. The number of hydrogen-bond donors (Lipinski definition) is 1. The van der Waals surface area contributed by atoms with E-state index >= 15 is 0 Å². The molecule has 2 rings (SSSR count). The Labute approximate surface area is 132 Å². The van der Waals surface area contributed by atoms with E-state index in [0.717, 1.165) is 18.5 Å². The predicted octanol–water partition coefficient (Wildman–Crippen LogP) is 4.72. The predicted molar refractivity (Wildman–Crippen MR) is 92.5 cm³/mol. The minimum Gasteiger partial charge on any atom is -0.329 e. The molecule has 0 bridgehead atoms. The zero-order chi connectivity index (χ0) is 15.1. The fraction of sp³-hybridized carbons (Fsp3) is 1.00. The summed E-state index contributed by atoms with van der Waals surface area (Å²) >= 11 is 0. The highest BCUT2D eigenvalue weighted by Crippen LogP contribution is 2.36. The van der Waals surface area contributed by atoms with Gasteiger partial charge in [0.25, 0.3) is 0 Å². The first-order valence-corrected chi connectivity index (χ1v) is 9.65. The molecule has 1 saturated heterocycles. The molecule has 2 atom stereocenters. The normalized spacial score (nSPS) is 33.3. The molecule has 2 aliphatic rings. The lowest BCUT2D eigenvalue weighted by Crippen LogP contribution is -2.55. The minimum atomic E-state index is 0.309. The molecule has 0 radical (unpaired) electrons. The monoisotopic (exact) mass is 294 g/mol. The van der Waals surface area contributed by atoms with Gasteiger partial charge in [-0.2, -0.15) is 0 Å². The Balaban J connectivity index is 2.03. The van der Waals surface area contributed by atoms with Crippen molar-refractivity contribution in [2.45, 2.75) is 102 Å². The average Bonchev–Trinajstić information content (AvgIpc) is 2.79. The highest BCUT2D eigenvalue weighted by atomic mass is 15.3. The van der Waals surface area contributed by atoms with E-state index in [1.807, 2.05) is 0 Å². The second-order valence-electron chi connectivity index (χ2n) is 7.95. The Morgan fingerprint density at radius 2 is 1.33 bits per heavy atom. The zero-order valence-electron chi connectivity index (χ0n) is 14.6. The topological polar surface area (TPSA) is 29.3 Å². The van der Waals surface area contributed by atoms with Crippen molar-refractivity contribution in [3.8, 4) is 0 Å². The lowest BCUT2D eigenvalue weighted by Gasteiger charge is -2.44. The summed E-state index contributed by atoms with van der Waals surface area (Å²) in [5, 5.41) is 0. The second-order valence-corrected chi connectivity index (χ2v) is 7.95. The molecule has 0 spiro atoms. The summed E-state index contributed by atoms with van der Waals surface area (Å²) in [6.07, 6.45) is 16.9. The van der Waals surface area contributed by atoms with Gasteiger partial charge in [-0.05, 0) is 32.1 Å². The molecule has 2 fully saturated rings. The van der Waals surface area contributed by atoms with Crippen LogP contribution in [0.3, 0.4) is 0 Å². The van der Waals surface area contributed by atoms with Gasteiger partial charge in [-0.1, -0.05) is 64.7 Å². The van der Waals surface area contributed by atoms with Gasteiger partial charge in [0.05, 0.1) is 0 Å². The van der Waals surface area contributed by atoms with Crippen LogP contribution in [0.25, 0.3) is 0 Å². The Hall–Kier alpha value is -0.0800. The van der Waals surface area contributed by atoms with Gasteiger partial charge in [-0.15, -0.1) is 0 Å². The molecule has 2 heteroatoms. The summed E-state index contributed by atoms with van der Waals surface area (Å²) in [5.74, 6) is 0.852. The van der Waals surface area contributed by atoms with Crippen molar-refractivity contribution in [3.63, 3.8) is 0 Å². The van der Waals surface area contributed by atoms with Gasteiger partial charge < -0.3 is 5.73 Å². The van der Waals surface area contributed by atoms with Gasteiger partial charge >= 0.3 is 0 Å². The SMILES string of the molecule is CC1CC(C)N(C2(CN)CCCCCCCCCCC2)C1. The quantitative estimate of drug-likeness (QED) is 0.798. The molecule has 1 heterocycles. The van der Waals surface area contributed by atoms with Crippen LogP contribution in [0.1, 0.15) is 90.9 Å². The number of nitrogens with zero attached hydrogens (tertiary/aromatic N) is 1. The highest BCUT2D eigenvalue weighted by Gasteiger charge is 2.41. The minimum absolute atomic E-state index is 0.309. The molecular weight excluding hydrogens is 256 g/mol. The van der Waals surface area contributed by atoms with E-state index in [-0.39, 0.29) is 0 Å². The van der Waals surface area contributed by atoms with Crippen molar-refractivity contribution in [2.75, 3.05) is 13.1 Å². The smallest absolute Gasteiger partial charge is 0.0334 e. The van der Waals surface area contributed by atoms with Gasteiger partial charge in [-0.25, -0.2) is 0 Å². The number of nitrogens with two attached hydrogens (primary N) is 1. The average molecular weight is 295 g/mol.